The molecule has 0 aliphatic heterocycles. The van der Waals surface area contributed by atoms with Gasteiger partial charge in [-0.3, -0.25) is 4.68 Å². The van der Waals surface area contributed by atoms with Crippen molar-refractivity contribution in [3.63, 3.8) is 0 Å². The second-order valence-corrected chi connectivity index (χ2v) is 7.36. The molecule has 0 aromatic carbocycles. The van der Waals surface area contributed by atoms with E-state index >= 15 is 0 Å². The monoisotopic (exact) mass is 316 g/mol. The third-order valence-corrected chi connectivity index (χ3v) is 5.52. The Hall–Kier alpha value is -1.12. The predicted octanol–water partition coefficient (Wildman–Crippen LogP) is 0.562. The molecule has 2 unspecified atom stereocenters. The van der Waals surface area contributed by atoms with Gasteiger partial charge in [-0.2, -0.15) is 5.10 Å². The molecule has 1 aromatic rings. The lowest BCUT2D eigenvalue weighted by molar-refractivity contribution is 0.195. The van der Waals surface area contributed by atoms with Crippen molar-refractivity contribution in [2.45, 2.75) is 44.0 Å². The number of aliphatic hydroxyl groups excluding tert-OH is 1. The highest BCUT2D eigenvalue weighted by atomic mass is 32.2. The van der Waals surface area contributed by atoms with E-state index in [2.05, 4.69) is 9.82 Å². The number of nitrogens with two attached hydrogens (primary N) is 1. The minimum absolute atomic E-state index is 0.0288. The zero-order valence-corrected chi connectivity index (χ0v) is 13.1. The Kier molecular flexibility index (Phi) is 5.23. The van der Waals surface area contributed by atoms with E-state index in [1.807, 2.05) is 6.92 Å². The largest absolute Gasteiger partial charge is 0.396 e. The van der Waals surface area contributed by atoms with E-state index in [0.29, 0.717) is 13.1 Å². The Morgan fingerprint density at radius 2 is 2.19 bits per heavy atom. The number of anilines is 1. The van der Waals surface area contributed by atoms with Crippen LogP contribution in [0, 0.1) is 11.8 Å². The highest BCUT2D eigenvalue weighted by Gasteiger charge is 2.29. The summed E-state index contributed by atoms with van der Waals surface area (Å²) < 4.78 is 28.8. The van der Waals surface area contributed by atoms with Gasteiger partial charge in [-0.25, -0.2) is 13.1 Å². The maximum absolute atomic E-state index is 12.3. The fourth-order valence-corrected chi connectivity index (χ4v) is 4.05. The topological polar surface area (TPSA) is 110 Å². The van der Waals surface area contributed by atoms with Crippen molar-refractivity contribution < 1.29 is 13.5 Å². The maximum Gasteiger partial charge on any atom is 0.245 e. The summed E-state index contributed by atoms with van der Waals surface area (Å²) in [7, 11) is -3.65. The van der Waals surface area contributed by atoms with Gasteiger partial charge in [0.25, 0.3) is 0 Å². The third kappa shape index (κ3) is 3.75. The van der Waals surface area contributed by atoms with E-state index in [0.717, 1.165) is 25.7 Å². The summed E-state index contributed by atoms with van der Waals surface area (Å²) in [5.74, 6) is 0.408. The molecule has 1 aromatic heterocycles. The van der Waals surface area contributed by atoms with Gasteiger partial charge in [0.1, 0.15) is 4.90 Å². The van der Waals surface area contributed by atoms with E-state index < -0.39 is 10.0 Å². The molecule has 0 amide bonds. The average molecular weight is 316 g/mol. The first kappa shape index (κ1) is 16.3. The Labute approximate surface area is 125 Å². The second kappa shape index (κ2) is 6.76. The van der Waals surface area contributed by atoms with Crippen LogP contribution in [-0.2, 0) is 16.6 Å². The van der Waals surface area contributed by atoms with Gasteiger partial charge >= 0.3 is 0 Å². The third-order valence-electron chi connectivity index (χ3n) is 4.08. The van der Waals surface area contributed by atoms with Gasteiger partial charge in [0.2, 0.25) is 10.0 Å². The van der Waals surface area contributed by atoms with Crippen LogP contribution in [0.2, 0.25) is 0 Å². The molecule has 2 atom stereocenters. The molecule has 1 saturated carbocycles. The fourth-order valence-electron chi connectivity index (χ4n) is 2.89. The number of hydrogen-bond donors (Lipinski definition) is 3. The van der Waals surface area contributed by atoms with Crippen LogP contribution in [0.15, 0.2) is 11.1 Å². The Morgan fingerprint density at radius 1 is 1.48 bits per heavy atom. The molecule has 1 aliphatic rings. The molecule has 0 radical (unpaired) electrons. The van der Waals surface area contributed by atoms with Crippen LogP contribution in [0.25, 0.3) is 0 Å². The van der Waals surface area contributed by atoms with Gasteiger partial charge in [-0.05, 0) is 31.1 Å². The molecule has 0 bridgehead atoms. The fraction of sp³-hybridized carbons (Fsp3) is 0.769. The summed E-state index contributed by atoms with van der Waals surface area (Å²) in [6.07, 6.45) is 5.26. The minimum atomic E-state index is -3.65. The Balaban J connectivity index is 2.04. The van der Waals surface area contributed by atoms with Gasteiger partial charge in [0, 0.05) is 25.9 Å². The van der Waals surface area contributed by atoms with Crippen molar-refractivity contribution in [1.82, 2.24) is 14.5 Å². The summed E-state index contributed by atoms with van der Waals surface area (Å²) in [6.45, 7) is 3.07. The van der Waals surface area contributed by atoms with Crippen molar-refractivity contribution in [2.75, 3.05) is 18.9 Å². The number of nitrogens with one attached hydrogen (secondary N) is 1. The number of hydrogen-bond acceptors (Lipinski definition) is 5. The first-order chi connectivity index (χ1) is 9.97. The highest BCUT2D eigenvalue weighted by molar-refractivity contribution is 7.89. The van der Waals surface area contributed by atoms with Crippen molar-refractivity contribution in [3.05, 3.63) is 6.20 Å². The SMILES string of the molecule is CCCn1cc(S(=O)(=O)NCC2CCCC2CO)c(N)n1. The Morgan fingerprint density at radius 3 is 2.86 bits per heavy atom. The molecule has 120 valence electrons. The van der Waals surface area contributed by atoms with Crippen LogP contribution >= 0.6 is 0 Å². The summed E-state index contributed by atoms with van der Waals surface area (Å²) in [4.78, 5) is 0.0366. The van der Waals surface area contributed by atoms with Crippen molar-refractivity contribution >= 4 is 15.8 Å². The van der Waals surface area contributed by atoms with E-state index in [1.165, 1.54) is 6.20 Å². The van der Waals surface area contributed by atoms with E-state index in [9.17, 15) is 13.5 Å². The molecule has 1 fully saturated rings. The summed E-state index contributed by atoms with van der Waals surface area (Å²) in [5.41, 5.74) is 5.70. The first-order valence-electron chi connectivity index (χ1n) is 7.41. The van der Waals surface area contributed by atoms with Crippen molar-refractivity contribution in [1.29, 1.82) is 0 Å². The van der Waals surface area contributed by atoms with Crippen LogP contribution in [0.4, 0.5) is 5.82 Å². The van der Waals surface area contributed by atoms with Crippen LogP contribution in [0.5, 0.6) is 0 Å². The molecule has 7 nitrogen and oxygen atoms in total. The van der Waals surface area contributed by atoms with E-state index in [-0.39, 0.29) is 29.2 Å². The molecule has 21 heavy (non-hydrogen) atoms. The van der Waals surface area contributed by atoms with E-state index in [1.54, 1.807) is 4.68 Å². The summed E-state index contributed by atoms with van der Waals surface area (Å²) in [5, 5.41) is 13.3. The van der Waals surface area contributed by atoms with Gasteiger partial charge in [0.15, 0.2) is 5.82 Å². The molecule has 1 heterocycles. The summed E-state index contributed by atoms with van der Waals surface area (Å²) >= 11 is 0. The lowest BCUT2D eigenvalue weighted by Crippen LogP contribution is -2.32. The van der Waals surface area contributed by atoms with Gasteiger partial charge in [-0.15, -0.1) is 0 Å². The lowest BCUT2D eigenvalue weighted by Gasteiger charge is -2.17. The van der Waals surface area contributed by atoms with Crippen molar-refractivity contribution in [3.8, 4) is 0 Å². The van der Waals surface area contributed by atoms with Crippen LogP contribution in [-0.4, -0.2) is 36.5 Å². The molecule has 1 aliphatic carbocycles. The molecule has 4 N–H and O–H groups in total. The van der Waals surface area contributed by atoms with Gasteiger partial charge in [-0.1, -0.05) is 13.3 Å². The molecule has 0 spiro atoms. The predicted molar refractivity (Wildman–Crippen MR) is 80.0 cm³/mol. The number of aryl methyl sites for hydroxylation is 1. The van der Waals surface area contributed by atoms with E-state index in [4.69, 9.17) is 5.73 Å². The van der Waals surface area contributed by atoms with Crippen LogP contribution in [0.3, 0.4) is 0 Å². The number of aliphatic hydroxyl groups is 1. The number of sulfonamides is 1. The molecule has 8 heteroatoms. The number of nitrogen functional groups attached to an aromatic ring is 1. The quantitative estimate of drug-likeness (QED) is 0.681. The number of rotatable bonds is 7. The zero-order chi connectivity index (χ0) is 15.5. The van der Waals surface area contributed by atoms with Crippen LogP contribution in [0.1, 0.15) is 32.6 Å². The number of aromatic nitrogens is 2. The van der Waals surface area contributed by atoms with Crippen molar-refractivity contribution in [2.24, 2.45) is 11.8 Å². The Bertz CT molecular complexity index is 570. The average Bonchev–Trinajstić information content (AvgIpc) is 3.03. The normalized spacial score (nSPS) is 22.8. The smallest absolute Gasteiger partial charge is 0.245 e. The standard InChI is InChI=1S/C13H24N4O3S/c1-2-6-17-8-12(13(14)16-17)21(19,20)15-7-10-4-3-5-11(10)9-18/h8,10-11,15,18H,2-7,9H2,1H3,(H2,14,16). The molecular weight excluding hydrogens is 292 g/mol. The number of nitrogens with zero attached hydrogens (tertiary/aromatic N) is 2. The van der Waals surface area contributed by atoms with Gasteiger partial charge < -0.3 is 10.8 Å². The zero-order valence-electron chi connectivity index (χ0n) is 12.3. The minimum Gasteiger partial charge on any atom is -0.396 e. The lowest BCUT2D eigenvalue weighted by atomic mass is 9.97. The highest BCUT2D eigenvalue weighted by Crippen LogP contribution is 2.31. The van der Waals surface area contributed by atoms with Crippen LogP contribution < -0.4 is 10.5 Å². The molecule has 2 rings (SSSR count). The van der Waals surface area contributed by atoms with Gasteiger partial charge in [0.05, 0.1) is 0 Å². The second-order valence-electron chi connectivity index (χ2n) is 5.63. The summed E-state index contributed by atoms with van der Waals surface area (Å²) in [6, 6.07) is 0. The first-order valence-corrected chi connectivity index (χ1v) is 8.89. The maximum atomic E-state index is 12.3. The molecular formula is C13H24N4O3S. The molecule has 0 saturated heterocycles.